The summed E-state index contributed by atoms with van der Waals surface area (Å²) in [6.45, 7) is 6.19. The Kier molecular flexibility index (Phi) is 2.14. The van der Waals surface area contributed by atoms with Crippen LogP contribution in [0.4, 0.5) is 0 Å². The lowest BCUT2D eigenvalue weighted by Crippen LogP contribution is -2.34. The van der Waals surface area contributed by atoms with Crippen molar-refractivity contribution in [1.82, 2.24) is 4.81 Å². The van der Waals surface area contributed by atoms with Crippen molar-refractivity contribution in [3.05, 3.63) is 0 Å². The standard InChI is InChI=1S/C6H14BNO/c1-6-3-4-8(5-6)7(2)9/h6,9H,3-5H2,1-2H3/t6-/m1/s1. The molecule has 0 bridgehead atoms. The monoisotopic (exact) mass is 127 g/mol. The maximum absolute atomic E-state index is 9.10. The maximum atomic E-state index is 9.10. The Labute approximate surface area is 57.0 Å². The van der Waals surface area contributed by atoms with Gasteiger partial charge < -0.3 is 9.83 Å². The fraction of sp³-hybridized carbons (Fsp3) is 1.00. The molecule has 1 aliphatic rings. The molecule has 1 aliphatic heterocycles. The van der Waals surface area contributed by atoms with E-state index in [9.17, 15) is 0 Å². The highest BCUT2D eigenvalue weighted by Crippen LogP contribution is 2.14. The van der Waals surface area contributed by atoms with Gasteiger partial charge in [0.1, 0.15) is 0 Å². The highest BCUT2D eigenvalue weighted by atomic mass is 16.2. The van der Waals surface area contributed by atoms with E-state index in [1.54, 1.807) is 0 Å². The summed E-state index contributed by atoms with van der Waals surface area (Å²) in [7, 11) is -0.241. The topological polar surface area (TPSA) is 23.5 Å². The van der Waals surface area contributed by atoms with Crippen LogP contribution in [0.3, 0.4) is 0 Å². The van der Waals surface area contributed by atoms with Crippen molar-refractivity contribution in [3.63, 3.8) is 0 Å². The molecule has 0 spiro atoms. The lowest BCUT2D eigenvalue weighted by Gasteiger charge is -2.14. The summed E-state index contributed by atoms with van der Waals surface area (Å²) >= 11 is 0. The third-order valence-electron chi connectivity index (χ3n) is 1.98. The first-order valence-corrected chi connectivity index (χ1v) is 3.62. The third-order valence-corrected chi connectivity index (χ3v) is 1.98. The molecule has 1 N–H and O–H groups in total. The Morgan fingerprint density at radius 3 is 2.56 bits per heavy atom. The van der Waals surface area contributed by atoms with Crippen LogP contribution in [0.5, 0.6) is 0 Å². The lowest BCUT2D eigenvalue weighted by atomic mass is 9.86. The van der Waals surface area contributed by atoms with Crippen molar-refractivity contribution in [2.75, 3.05) is 13.1 Å². The molecule has 0 radical (unpaired) electrons. The summed E-state index contributed by atoms with van der Waals surface area (Å²) in [6.07, 6.45) is 1.24. The molecular weight excluding hydrogens is 113 g/mol. The van der Waals surface area contributed by atoms with Crippen LogP contribution in [0.1, 0.15) is 13.3 Å². The average molecular weight is 127 g/mol. The molecule has 0 aliphatic carbocycles. The third kappa shape index (κ3) is 1.70. The van der Waals surface area contributed by atoms with E-state index < -0.39 is 0 Å². The minimum atomic E-state index is -0.241. The molecule has 1 heterocycles. The van der Waals surface area contributed by atoms with Gasteiger partial charge in [0.2, 0.25) is 0 Å². The van der Waals surface area contributed by atoms with Gasteiger partial charge in [-0.1, -0.05) is 6.92 Å². The van der Waals surface area contributed by atoms with Gasteiger partial charge in [-0.2, -0.15) is 0 Å². The van der Waals surface area contributed by atoms with Crippen LogP contribution in [0.25, 0.3) is 0 Å². The Hall–Kier alpha value is -0.0151. The van der Waals surface area contributed by atoms with Crippen LogP contribution in [0.15, 0.2) is 0 Å². The first kappa shape index (κ1) is 7.10. The fourth-order valence-electron chi connectivity index (χ4n) is 1.31. The van der Waals surface area contributed by atoms with Crippen LogP contribution in [-0.2, 0) is 0 Å². The van der Waals surface area contributed by atoms with Gasteiger partial charge in [-0.15, -0.1) is 0 Å². The van der Waals surface area contributed by atoms with Gasteiger partial charge in [0, 0.05) is 0 Å². The van der Waals surface area contributed by atoms with E-state index in [1.807, 2.05) is 6.82 Å². The van der Waals surface area contributed by atoms with Crippen molar-refractivity contribution in [3.8, 4) is 0 Å². The molecule has 9 heavy (non-hydrogen) atoms. The molecule has 0 aromatic heterocycles. The molecule has 0 aromatic rings. The fourth-order valence-corrected chi connectivity index (χ4v) is 1.31. The first-order chi connectivity index (χ1) is 4.20. The van der Waals surface area contributed by atoms with Crippen molar-refractivity contribution in [1.29, 1.82) is 0 Å². The molecule has 1 saturated heterocycles. The molecule has 2 nitrogen and oxygen atoms in total. The molecular formula is C6H14BNO. The summed E-state index contributed by atoms with van der Waals surface area (Å²) in [6, 6.07) is 0. The van der Waals surface area contributed by atoms with E-state index in [0.717, 1.165) is 19.0 Å². The summed E-state index contributed by atoms with van der Waals surface area (Å²) in [5.74, 6) is 0.777. The molecule has 0 amide bonds. The largest absolute Gasteiger partial charge is 0.437 e. The van der Waals surface area contributed by atoms with E-state index in [0.29, 0.717) is 0 Å². The zero-order valence-electron chi connectivity index (χ0n) is 6.17. The van der Waals surface area contributed by atoms with Gasteiger partial charge in [0.15, 0.2) is 0 Å². The highest BCUT2D eigenvalue weighted by molar-refractivity contribution is 6.45. The minimum absolute atomic E-state index is 0.241. The molecule has 0 aromatic carbocycles. The van der Waals surface area contributed by atoms with Gasteiger partial charge in [-0.25, -0.2) is 0 Å². The summed E-state index contributed by atoms with van der Waals surface area (Å²) in [5, 5.41) is 9.10. The second-order valence-corrected chi connectivity index (χ2v) is 3.02. The Balaban J connectivity index is 2.30. The van der Waals surface area contributed by atoms with E-state index in [2.05, 4.69) is 11.7 Å². The number of hydrogen-bond acceptors (Lipinski definition) is 2. The average Bonchev–Trinajstić information content (AvgIpc) is 2.14. The summed E-state index contributed by atoms with van der Waals surface area (Å²) in [4.78, 5) is 2.10. The van der Waals surface area contributed by atoms with Gasteiger partial charge in [-0.05, 0) is 32.3 Å². The van der Waals surface area contributed by atoms with Crippen molar-refractivity contribution in [2.24, 2.45) is 5.92 Å². The Bertz CT molecular complexity index is 97.1. The lowest BCUT2D eigenvalue weighted by molar-refractivity contribution is 0.414. The van der Waals surface area contributed by atoms with Crippen molar-refractivity contribution >= 4 is 7.05 Å². The summed E-state index contributed by atoms with van der Waals surface area (Å²) < 4.78 is 0. The van der Waals surface area contributed by atoms with Crippen LogP contribution < -0.4 is 0 Å². The normalized spacial score (nSPS) is 29.0. The van der Waals surface area contributed by atoms with Gasteiger partial charge >= 0.3 is 7.05 Å². The quantitative estimate of drug-likeness (QED) is 0.516. The SMILES string of the molecule is CB(O)N1CC[C@@H](C)C1. The number of nitrogens with zero attached hydrogens (tertiary/aromatic N) is 1. The van der Waals surface area contributed by atoms with E-state index in [4.69, 9.17) is 5.02 Å². The highest BCUT2D eigenvalue weighted by Gasteiger charge is 2.23. The molecule has 3 heteroatoms. The molecule has 1 atom stereocenters. The van der Waals surface area contributed by atoms with Crippen LogP contribution in [0.2, 0.25) is 6.82 Å². The van der Waals surface area contributed by atoms with Gasteiger partial charge in [0.25, 0.3) is 0 Å². The molecule has 52 valence electrons. The van der Waals surface area contributed by atoms with Crippen LogP contribution >= 0.6 is 0 Å². The van der Waals surface area contributed by atoms with Gasteiger partial charge in [0.05, 0.1) is 0 Å². The van der Waals surface area contributed by atoms with Gasteiger partial charge in [-0.3, -0.25) is 0 Å². The predicted octanol–water partition coefficient (Wildman–Crippen LogP) is 0.438. The zero-order chi connectivity index (χ0) is 6.85. The predicted molar refractivity (Wildman–Crippen MR) is 39.2 cm³/mol. The number of rotatable bonds is 1. The van der Waals surface area contributed by atoms with Crippen molar-refractivity contribution in [2.45, 2.75) is 20.2 Å². The minimum Gasteiger partial charge on any atom is -0.437 e. The summed E-state index contributed by atoms with van der Waals surface area (Å²) in [5.41, 5.74) is 0. The molecule has 0 saturated carbocycles. The van der Waals surface area contributed by atoms with Crippen LogP contribution in [0, 0.1) is 5.92 Å². The zero-order valence-corrected chi connectivity index (χ0v) is 6.17. The Morgan fingerprint density at radius 1 is 1.67 bits per heavy atom. The molecule has 1 fully saturated rings. The smallest absolute Gasteiger partial charge is 0.376 e. The molecule has 0 unspecified atom stereocenters. The van der Waals surface area contributed by atoms with Crippen molar-refractivity contribution < 1.29 is 5.02 Å². The maximum Gasteiger partial charge on any atom is 0.376 e. The second kappa shape index (κ2) is 2.71. The Morgan fingerprint density at radius 2 is 2.33 bits per heavy atom. The number of hydrogen-bond donors (Lipinski definition) is 1. The first-order valence-electron chi connectivity index (χ1n) is 3.62. The second-order valence-electron chi connectivity index (χ2n) is 3.02. The van der Waals surface area contributed by atoms with E-state index in [-0.39, 0.29) is 7.05 Å². The molecule has 1 rings (SSSR count). The van der Waals surface area contributed by atoms with E-state index >= 15 is 0 Å². The van der Waals surface area contributed by atoms with Crippen LogP contribution in [-0.4, -0.2) is 30.0 Å². The van der Waals surface area contributed by atoms with E-state index in [1.165, 1.54) is 6.42 Å².